The first kappa shape index (κ1) is 5.98. The van der Waals surface area contributed by atoms with E-state index in [-0.39, 0.29) is 19.0 Å². The summed E-state index contributed by atoms with van der Waals surface area (Å²) in [4.78, 5) is 0. The molecule has 0 saturated heterocycles. The minimum Gasteiger partial charge on any atom is -0.397 e. The van der Waals surface area contributed by atoms with E-state index in [1.165, 1.54) is 0 Å². The van der Waals surface area contributed by atoms with Crippen LogP contribution < -0.4 is 0 Å². The highest BCUT2D eigenvalue weighted by molar-refractivity contribution is 6.11. The Labute approximate surface area is 38.2 Å². The van der Waals surface area contributed by atoms with Gasteiger partial charge in [-0.1, -0.05) is 0 Å². The highest BCUT2D eigenvalue weighted by Crippen LogP contribution is 1.89. The zero-order valence-corrected chi connectivity index (χ0v) is 3.89. The Balaban J connectivity index is 2.75. The molecule has 36 valence electrons. The highest BCUT2D eigenvalue weighted by atomic mass is 16.3. The monoisotopic (exact) mass is 88.1 g/mol. The lowest BCUT2D eigenvalue weighted by Gasteiger charge is -1.97. The van der Waals surface area contributed by atoms with Gasteiger partial charge in [0.2, 0.25) is 0 Å². The fourth-order valence-corrected chi connectivity index (χ4v) is 0.0577. The van der Waals surface area contributed by atoms with Gasteiger partial charge < -0.3 is 10.2 Å². The van der Waals surface area contributed by atoms with Crippen molar-refractivity contribution in [3.63, 3.8) is 0 Å². The summed E-state index contributed by atoms with van der Waals surface area (Å²) in [7, 11) is 1.78. The summed E-state index contributed by atoms with van der Waals surface area (Å²) in [5.74, 6) is 0.0463. The largest absolute Gasteiger partial charge is 0.397 e. The second-order valence-electron chi connectivity index (χ2n) is 1.47. The van der Waals surface area contributed by atoms with Gasteiger partial charge in [-0.2, -0.15) is 0 Å². The minimum atomic E-state index is 0.0463. The van der Waals surface area contributed by atoms with Crippen LogP contribution in [0.15, 0.2) is 0 Å². The van der Waals surface area contributed by atoms with Crippen LogP contribution in [0, 0.1) is 0 Å². The fourth-order valence-electron chi connectivity index (χ4n) is 0.0577. The molecule has 0 spiro atoms. The Kier molecular flexibility index (Phi) is 3.18. The van der Waals surface area contributed by atoms with Crippen molar-refractivity contribution in [1.29, 1.82) is 0 Å². The Morgan fingerprint density at radius 2 is 1.67 bits per heavy atom. The van der Waals surface area contributed by atoms with Gasteiger partial charge in [-0.3, -0.25) is 0 Å². The van der Waals surface area contributed by atoms with Crippen LogP contribution in [-0.4, -0.2) is 31.3 Å². The lowest BCUT2D eigenvalue weighted by molar-refractivity contribution is 0.222. The molecule has 0 aliphatic rings. The summed E-state index contributed by atoms with van der Waals surface area (Å²) in [6, 6.07) is 0. The van der Waals surface area contributed by atoms with E-state index in [2.05, 4.69) is 0 Å². The van der Waals surface area contributed by atoms with Crippen LogP contribution >= 0.6 is 0 Å². The predicted molar refractivity (Wildman–Crippen MR) is 26.5 cm³/mol. The van der Waals surface area contributed by atoms with Crippen LogP contribution in [0.25, 0.3) is 0 Å². The van der Waals surface area contributed by atoms with Crippen molar-refractivity contribution >= 4 is 7.85 Å². The zero-order chi connectivity index (χ0) is 4.99. The quantitative estimate of drug-likeness (QED) is 0.399. The van der Waals surface area contributed by atoms with E-state index < -0.39 is 0 Å². The maximum Gasteiger partial charge on any atom is 0.111 e. The first-order valence-electron chi connectivity index (χ1n) is 2.03. The molecule has 0 atom stereocenters. The molecule has 0 unspecified atom stereocenters. The third-order valence-corrected chi connectivity index (χ3v) is 0.623. The molecule has 2 nitrogen and oxygen atoms in total. The summed E-state index contributed by atoms with van der Waals surface area (Å²) in [6.45, 7) is 0.160. The van der Waals surface area contributed by atoms with Gasteiger partial charge in [-0.25, -0.2) is 0 Å². The SMILES string of the molecule is BC(CO)CO. The van der Waals surface area contributed by atoms with Crippen LogP contribution in [0.5, 0.6) is 0 Å². The van der Waals surface area contributed by atoms with Crippen LogP contribution in [0.2, 0.25) is 5.82 Å². The number of rotatable bonds is 2. The molecular weight excluding hydrogens is 78.8 g/mol. The van der Waals surface area contributed by atoms with Crippen LogP contribution in [0.3, 0.4) is 0 Å². The third-order valence-electron chi connectivity index (χ3n) is 0.623. The first-order chi connectivity index (χ1) is 2.81. The number of hydrogen-bond donors (Lipinski definition) is 2. The van der Waals surface area contributed by atoms with Crippen molar-refractivity contribution in [3.05, 3.63) is 0 Å². The molecule has 3 heteroatoms. The van der Waals surface area contributed by atoms with Crippen molar-refractivity contribution in [2.24, 2.45) is 0 Å². The van der Waals surface area contributed by atoms with Crippen molar-refractivity contribution in [2.75, 3.05) is 13.2 Å². The lowest BCUT2D eigenvalue weighted by atomic mass is 9.90. The van der Waals surface area contributed by atoms with Crippen LogP contribution in [0.4, 0.5) is 0 Å². The second kappa shape index (κ2) is 3.19. The molecule has 0 saturated carbocycles. The number of aliphatic hydroxyl groups is 2. The molecule has 0 amide bonds. The smallest absolute Gasteiger partial charge is 0.111 e. The maximum absolute atomic E-state index is 8.17. The van der Waals surface area contributed by atoms with E-state index in [0.29, 0.717) is 0 Å². The Bertz CT molecular complexity index is 28.0. The maximum atomic E-state index is 8.17. The van der Waals surface area contributed by atoms with E-state index in [1.54, 1.807) is 7.85 Å². The molecule has 0 radical (unpaired) electrons. The Morgan fingerprint density at radius 1 is 1.33 bits per heavy atom. The van der Waals surface area contributed by atoms with Crippen LogP contribution in [-0.2, 0) is 0 Å². The normalized spacial score (nSPS) is 9.83. The first-order valence-corrected chi connectivity index (χ1v) is 2.03. The van der Waals surface area contributed by atoms with E-state index in [1.807, 2.05) is 0 Å². The highest BCUT2D eigenvalue weighted by Gasteiger charge is 1.92. The average molecular weight is 87.9 g/mol. The molecule has 0 rings (SSSR count). The fraction of sp³-hybridized carbons (Fsp3) is 1.00. The number of aliphatic hydroxyl groups excluding tert-OH is 2. The summed E-state index contributed by atoms with van der Waals surface area (Å²) in [5, 5.41) is 16.3. The van der Waals surface area contributed by atoms with Gasteiger partial charge in [0, 0.05) is 13.2 Å². The topological polar surface area (TPSA) is 40.5 Å². The van der Waals surface area contributed by atoms with E-state index in [9.17, 15) is 0 Å². The molecular formula is C3H9BO2. The molecule has 0 aromatic rings. The van der Waals surface area contributed by atoms with Gasteiger partial charge >= 0.3 is 0 Å². The Hall–Kier alpha value is -0.0151. The third kappa shape index (κ3) is 2.24. The van der Waals surface area contributed by atoms with Gasteiger partial charge in [0.25, 0.3) is 0 Å². The molecule has 0 fully saturated rings. The predicted octanol–water partition coefficient (Wildman–Crippen LogP) is -1.61. The molecule has 2 N–H and O–H groups in total. The van der Waals surface area contributed by atoms with Gasteiger partial charge in [0.1, 0.15) is 7.85 Å². The Morgan fingerprint density at radius 3 is 1.67 bits per heavy atom. The average Bonchev–Trinajstić information content (AvgIpc) is 1.65. The van der Waals surface area contributed by atoms with Gasteiger partial charge in [-0.15, -0.1) is 0 Å². The molecule has 0 aliphatic heterocycles. The van der Waals surface area contributed by atoms with Crippen LogP contribution in [0.1, 0.15) is 0 Å². The molecule has 0 aromatic carbocycles. The lowest BCUT2D eigenvalue weighted by Crippen LogP contribution is -2.02. The summed E-state index contributed by atoms with van der Waals surface area (Å²) in [5.41, 5.74) is 0. The molecule has 6 heavy (non-hydrogen) atoms. The zero-order valence-electron chi connectivity index (χ0n) is 3.89. The molecule has 0 aromatic heterocycles. The minimum absolute atomic E-state index is 0.0463. The summed E-state index contributed by atoms with van der Waals surface area (Å²) in [6.07, 6.45) is 0. The molecule has 0 aliphatic carbocycles. The van der Waals surface area contributed by atoms with E-state index >= 15 is 0 Å². The van der Waals surface area contributed by atoms with Gasteiger partial charge in [-0.05, 0) is 5.82 Å². The van der Waals surface area contributed by atoms with E-state index in [4.69, 9.17) is 10.2 Å². The van der Waals surface area contributed by atoms with Crippen molar-refractivity contribution in [2.45, 2.75) is 5.82 Å². The van der Waals surface area contributed by atoms with Crippen molar-refractivity contribution in [1.82, 2.24) is 0 Å². The second-order valence-corrected chi connectivity index (χ2v) is 1.47. The van der Waals surface area contributed by atoms with E-state index in [0.717, 1.165) is 0 Å². The van der Waals surface area contributed by atoms with Gasteiger partial charge in [0.15, 0.2) is 0 Å². The summed E-state index contributed by atoms with van der Waals surface area (Å²) < 4.78 is 0. The molecule has 0 heterocycles. The van der Waals surface area contributed by atoms with Crippen molar-refractivity contribution in [3.8, 4) is 0 Å². The van der Waals surface area contributed by atoms with Gasteiger partial charge in [0.05, 0.1) is 0 Å². The summed E-state index contributed by atoms with van der Waals surface area (Å²) >= 11 is 0. The molecule has 0 bridgehead atoms. The number of hydrogen-bond acceptors (Lipinski definition) is 2. The van der Waals surface area contributed by atoms with Crippen molar-refractivity contribution < 1.29 is 10.2 Å². The standard InChI is InChI=1S/C3H9BO2/c4-3(1-5)2-6/h3,5-6H,1-2,4H2.